The van der Waals surface area contributed by atoms with Gasteiger partial charge in [0, 0.05) is 6.92 Å². The SMILES string of the molecule is CCOC(=O)c1nc(N(CC#N)CC#N)sc1C(C)=O. The summed E-state index contributed by atoms with van der Waals surface area (Å²) >= 11 is 0.972. The summed E-state index contributed by atoms with van der Waals surface area (Å²) in [5, 5.41) is 17.7. The molecule has 1 aromatic heterocycles. The molecular formula is C12H12N4O3S. The number of ether oxygens (including phenoxy) is 1. The van der Waals surface area contributed by atoms with E-state index in [0.717, 1.165) is 11.3 Å². The van der Waals surface area contributed by atoms with Gasteiger partial charge in [-0.2, -0.15) is 10.5 Å². The number of thiazole rings is 1. The molecule has 0 N–H and O–H groups in total. The number of esters is 1. The van der Waals surface area contributed by atoms with E-state index >= 15 is 0 Å². The van der Waals surface area contributed by atoms with Gasteiger partial charge in [0.25, 0.3) is 0 Å². The van der Waals surface area contributed by atoms with Gasteiger partial charge in [-0.05, 0) is 6.92 Å². The molecule has 0 atom stereocenters. The molecule has 0 aliphatic heterocycles. The van der Waals surface area contributed by atoms with E-state index in [1.54, 1.807) is 6.92 Å². The molecule has 1 rings (SSSR count). The van der Waals surface area contributed by atoms with Gasteiger partial charge in [0.1, 0.15) is 18.0 Å². The number of carbonyl (C=O) groups excluding carboxylic acids is 2. The molecule has 0 saturated carbocycles. The summed E-state index contributed by atoms with van der Waals surface area (Å²) in [6, 6.07) is 3.81. The minimum Gasteiger partial charge on any atom is -0.461 e. The highest BCUT2D eigenvalue weighted by molar-refractivity contribution is 7.17. The van der Waals surface area contributed by atoms with E-state index in [4.69, 9.17) is 15.3 Å². The smallest absolute Gasteiger partial charge is 0.358 e. The summed E-state index contributed by atoms with van der Waals surface area (Å²) in [6.45, 7) is 3.03. The molecule has 0 bridgehead atoms. The Kier molecular flexibility index (Phi) is 5.63. The lowest BCUT2D eigenvalue weighted by Gasteiger charge is -2.12. The van der Waals surface area contributed by atoms with Crippen LogP contribution in [-0.4, -0.2) is 36.4 Å². The van der Waals surface area contributed by atoms with Gasteiger partial charge in [-0.3, -0.25) is 4.79 Å². The van der Waals surface area contributed by atoms with Crippen LogP contribution in [0.5, 0.6) is 0 Å². The van der Waals surface area contributed by atoms with E-state index in [-0.39, 0.29) is 41.2 Å². The summed E-state index contributed by atoms with van der Waals surface area (Å²) in [7, 11) is 0. The summed E-state index contributed by atoms with van der Waals surface area (Å²) in [5.41, 5.74) is -0.0692. The summed E-state index contributed by atoms with van der Waals surface area (Å²) in [5.74, 6) is -1.00. The number of carbonyl (C=O) groups is 2. The molecule has 0 aliphatic carbocycles. The van der Waals surface area contributed by atoms with Crippen LogP contribution in [0.2, 0.25) is 0 Å². The second-order valence-electron chi connectivity index (χ2n) is 3.62. The van der Waals surface area contributed by atoms with Gasteiger partial charge in [0.2, 0.25) is 0 Å². The van der Waals surface area contributed by atoms with Crippen LogP contribution in [0.4, 0.5) is 5.13 Å². The van der Waals surface area contributed by atoms with Crippen molar-refractivity contribution in [1.29, 1.82) is 10.5 Å². The zero-order chi connectivity index (χ0) is 15.1. The zero-order valence-electron chi connectivity index (χ0n) is 11.0. The number of aromatic nitrogens is 1. The lowest BCUT2D eigenvalue weighted by molar-refractivity contribution is 0.0517. The predicted molar refractivity (Wildman–Crippen MR) is 71.5 cm³/mol. The molecule has 8 heteroatoms. The molecule has 20 heavy (non-hydrogen) atoms. The Hall–Kier alpha value is -2.45. The van der Waals surface area contributed by atoms with Crippen LogP contribution in [0.25, 0.3) is 0 Å². The molecule has 0 aliphatic rings. The first kappa shape index (κ1) is 15.6. The summed E-state index contributed by atoms with van der Waals surface area (Å²) < 4.78 is 4.84. The summed E-state index contributed by atoms with van der Waals surface area (Å²) in [6.07, 6.45) is 0. The van der Waals surface area contributed by atoms with Crippen molar-refractivity contribution in [2.75, 3.05) is 24.6 Å². The van der Waals surface area contributed by atoms with Crippen molar-refractivity contribution in [2.45, 2.75) is 13.8 Å². The number of hydrogen-bond donors (Lipinski definition) is 0. The number of ketones is 1. The molecule has 1 aromatic rings. The largest absolute Gasteiger partial charge is 0.461 e. The molecule has 7 nitrogen and oxygen atoms in total. The van der Waals surface area contributed by atoms with Gasteiger partial charge in [0.05, 0.1) is 18.7 Å². The highest BCUT2D eigenvalue weighted by atomic mass is 32.1. The van der Waals surface area contributed by atoms with Gasteiger partial charge in [-0.1, -0.05) is 11.3 Å². The van der Waals surface area contributed by atoms with Crippen LogP contribution < -0.4 is 4.90 Å². The van der Waals surface area contributed by atoms with Crippen LogP contribution >= 0.6 is 11.3 Å². The van der Waals surface area contributed by atoms with Crippen molar-refractivity contribution >= 4 is 28.2 Å². The molecule has 0 saturated heterocycles. The van der Waals surface area contributed by atoms with Crippen molar-refractivity contribution in [3.63, 3.8) is 0 Å². The second-order valence-corrected chi connectivity index (χ2v) is 4.60. The molecule has 0 spiro atoms. The quantitative estimate of drug-likeness (QED) is 0.442. The Morgan fingerprint density at radius 1 is 1.35 bits per heavy atom. The monoisotopic (exact) mass is 292 g/mol. The van der Waals surface area contributed by atoms with E-state index < -0.39 is 5.97 Å². The van der Waals surface area contributed by atoms with Crippen LogP contribution in [0.1, 0.15) is 34.0 Å². The van der Waals surface area contributed by atoms with Crippen LogP contribution in [0.3, 0.4) is 0 Å². The fourth-order valence-corrected chi connectivity index (χ4v) is 2.33. The van der Waals surface area contributed by atoms with Crippen molar-refractivity contribution in [3.05, 3.63) is 10.6 Å². The standard InChI is InChI=1S/C12H12N4O3S/c1-3-19-11(18)9-10(8(2)17)20-12(15-9)16(6-4-13)7-5-14/h3,6-7H2,1-2H3. The Balaban J connectivity index is 3.20. The number of rotatable bonds is 6. The van der Waals surface area contributed by atoms with Crippen molar-refractivity contribution in [1.82, 2.24) is 4.98 Å². The van der Waals surface area contributed by atoms with Gasteiger partial charge < -0.3 is 9.64 Å². The van der Waals surface area contributed by atoms with Gasteiger partial charge in [0.15, 0.2) is 16.6 Å². The van der Waals surface area contributed by atoms with E-state index in [9.17, 15) is 9.59 Å². The van der Waals surface area contributed by atoms with Crippen molar-refractivity contribution < 1.29 is 14.3 Å². The van der Waals surface area contributed by atoms with E-state index in [1.165, 1.54) is 11.8 Å². The van der Waals surface area contributed by atoms with Gasteiger partial charge >= 0.3 is 5.97 Å². The fourth-order valence-electron chi connectivity index (χ4n) is 1.38. The van der Waals surface area contributed by atoms with E-state index in [0.29, 0.717) is 0 Å². The zero-order valence-corrected chi connectivity index (χ0v) is 11.9. The lowest BCUT2D eigenvalue weighted by atomic mass is 10.3. The highest BCUT2D eigenvalue weighted by Crippen LogP contribution is 2.27. The number of nitrogens with zero attached hydrogens (tertiary/aromatic N) is 4. The third-order valence-corrected chi connectivity index (χ3v) is 3.42. The fraction of sp³-hybridized carbons (Fsp3) is 0.417. The molecule has 0 amide bonds. The molecular weight excluding hydrogens is 280 g/mol. The minimum atomic E-state index is -0.686. The third kappa shape index (κ3) is 3.53. The Labute approximate surface area is 120 Å². The maximum absolute atomic E-state index is 11.7. The number of Topliss-reactive ketones (excluding diaryl/α,β-unsaturated/α-hetero) is 1. The molecule has 0 fully saturated rings. The van der Waals surface area contributed by atoms with Crippen LogP contribution in [-0.2, 0) is 4.74 Å². The third-order valence-electron chi connectivity index (χ3n) is 2.20. The molecule has 104 valence electrons. The molecule has 0 aromatic carbocycles. The lowest BCUT2D eigenvalue weighted by Crippen LogP contribution is -2.23. The summed E-state index contributed by atoms with van der Waals surface area (Å²) in [4.78, 5) is 28.9. The van der Waals surface area contributed by atoms with E-state index in [1.807, 2.05) is 12.1 Å². The van der Waals surface area contributed by atoms with Crippen LogP contribution in [0.15, 0.2) is 0 Å². The Morgan fingerprint density at radius 2 is 1.95 bits per heavy atom. The number of nitriles is 2. The maximum atomic E-state index is 11.7. The van der Waals surface area contributed by atoms with Gasteiger partial charge in [-0.15, -0.1) is 0 Å². The van der Waals surface area contributed by atoms with E-state index in [2.05, 4.69) is 4.98 Å². The topological polar surface area (TPSA) is 107 Å². The van der Waals surface area contributed by atoms with Crippen molar-refractivity contribution in [2.24, 2.45) is 0 Å². The number of hydrogen-bond acceptors (Lipinski definition) is 8. The maximum Gasteiger partial charge on any atom is 0.358 e. The van der Waals surface area contributed by atoms with Crippen molar-refractivity contribution in [3.8, 4) is 12.1 Å². The predicted octanol–water partition coefficient (Wildman–Crippen LogP) is 1.38. The molecule has 1 heterocycles. The Morgan fingerprint density at radius 3 is 2.40 bits per heavy atom. The van der Waals surface area contributed by atoms with Crippen LogP contribution in [0, 0.1) is 22.7 Å². The highest BCUT2D eigenvalue weighted by Gasteiger charge is 2.24. The first-order valence-corrected chi connectivity index (χ1v) is 6.54. The normalized spacial score (nSPS) is 9.40. The average Bonchev–Trinajstić information content (AvgIpc) is 2.84. The molecule has 0 radical (unpaired) electrons. The van der Waals surface area contributed by atoms with Gasteiger partial charge in [-0.25, -0.2) is 9.78 Å². The average molecular weight is 292 g/mol. The molecule has 0 unspecified atom stereocenters. The number of anilines is 1. The second kappa shape index (κ2) is 7.22. The first-order chi connectivity index (χ1) is 9.54. The minimum absolute atomic E-state index is 0.0549. The first-order valence-electron chi connectivity index (χ1n) is 5.72. The Bertz CT molecular complexity index is 581.